The number of hydrogen-bond acceptors (Lipinski definition) is 5. The highest BCUT2D eigenvalue weighted by molar-refractivity contribution is 7.17. The average Bonchev–Trinajstić information content (AvgIpc) is 3.26. The molecule has 2 aromatic heterocycles. The number of ether oxygens (including phenoxy) is 1. The fraction of sp³-hybridized carbons (Fsp3) is 0.333. The Kier molecular flexibility index (Phi) is 4.22. The molecule has 1 fully saturated rings. The van der Waals surface area contributed by atoms with Crippen molar-refractivity contribution in [2.75, 3.05) is 18.1 Å². The number of aromatic nitrogens is 2. The Labute approximate surface area is 139 Å². The van der Waals surface area contributed by atoms with Crippen LogP contribution in [0.25, 0.3) is 10.2 Å². The minimum atomic E-state index is 0.295. The molecular weight excluding hydrogens is 306 g/mol. The predicted molar refractivity (Wildman–Crippen MR) is 93.9 cm³/mol. The van der Waals surface area contributed by atoms with Crippen LogP contribution in [0.3, 0.4) is 0 Å². The molecule has 1 atom stereocenters. The van der Waals surface area contributed by atoms with Crippen LogP contribution in [0.15, 0.2) is 48.1 Å². The van der Waals surface area contributed by atoms with Crippen LogP contribution in [-0.2, 0) is 11.3 Å². The number of thiophene rings is 1. The van der Waals surface area contributed by atoms with Gasteiger partial charge in [0.1, 0.15) is 12.1 Å². The van der Waals surface area contributed by atoms with Crippen molar-refractivity contribution in [3.8, 4) is 0 Å². The third kappa shape index (κ3) is 3.21. The van der Waals surface area contributed by atoms with E-state index in [1.165, 1.54) is 5.56 Å². The van der Waals surface area contributed by atoms with Crippen LogP contribution in [-0.4, -0.2) is 29.2 Å². The monoisotopic (exact) mass is 325 g/mol. The first kappa shape index (κ1) is 14.6. The Morgan fingerprint density at radius 1 is 1.17 bits per heavy atom. The molecule has 1 aliphatic rings. The molecule has 4 rings (SSSR count). The van der Waals surface area contributed by atoms with Gasteiger partial charge in [-0.2, -0.15) is 0 Å². The molecule has 1 aliphatic heterocycles. The van der Waals surface area contributed by atoms with Crippen molar-refractivity contribution in [3.05, 3.63) is 53.7 Å². The first-order chi connectivity index (χ1) is 11.4. The molecule has 1 unspecified atom stereocenters. The van der Waals surface area contributed by atoms with Crippen molar-refractivity contribution in [1.82, 2.24) is 9.97 Å². The molecule has 118 valence electrons. The Hall–Kier alpha value is -1.98. The zero-order valence-electron chi connectivity index (χ0n) is 12.9. The van der Waals surface area contributed by atoms with Gasteiger partial charge in [-0.1, -0.05) is 30.3 Å². The van der Waals surface area contributed by atoms with Gasteiger partial charge in [0, 0.05) is 19.7 Å². The van der Waals surface area contributed by atoms with Gasteiger partial charge in [0.15, 0.2) is 0 Å². The van der Waals surface area contributed by atoms with E-state index >= 15 is 0 Å². The zero-order chi connectivity index (χ0) is 15.5. The van der Waals surface area contributed by atoms with Gasteiger partial charge in [-0.3, -0.25) is 0 Å². The molecule has 0 amide bonds. The van der Waals surface area contributed by atoms with Gasteiger partial charge in [0.2, 0.25) is 0 Å². The molecular formula is C18H19N3OS. The summed E-state index contributed by atoms with van der Waals surface area (Å²) in [5.74, 6) is 1.02. The van der Waals surface area contributed by atoms with Crippen LogP contribution in [0, 0.1) is 0 Å². The van der Waals surface area contributed by atoms with Gasteiger partial charge in [-0.15, -0.1) is 11.3 Å². The van der Waals surface area contributed by atoms with Crippen molar-refractivity contribution in [2.24, 2.45) is 0 Å². The Bertz CT molecular complexity index is 768. The quantitative estimate of drug-likeness (QED) is 0.713. The zero-order valence-corrected chi connectivity index (χ0v) is 13.7. The molecule has 23 heavy (non-hydrogen) atoms. The largest absolute Gasteiger partial charge is 0.376 e. The summed E-state index contributed by atoms with van der Waals surface area (Å²) in [5.41, 5.74) is 2.30. The van der Waals surface area contributed by atoms with E-state index in [0.717, 1.165) is 48.6 Å². The molecule has 0 radical (unpaired) electrons. The van der Waals surface area contributed by atoms with Gasteiger partial charge >= 0.3 is 0 Å². The van der Waals surface area contributed by atoms with E-state index in [1.807, 2.05) is 0 Å². The summed E-state index contributed by atoms with van der Waals surface area (Å²) in [6.45, 7) is 2.59. The van der Waals surface area contributed by atoms with Crippen LogP contribution in [0.1, 0.15) is 18.4 Å². The lowest BCUT2D eigenvalue weighted by Gasteiger charge is -2.26. The molecule has 1 saturated heterocycles. The summed E-state index contributed by atoms with van der Waals surface area (Å²) in [7, 11) is 0. The second-order valence-electron chi connectivity index (χ2n) is 5.83. The third-order valence-corrected chi connectivity index (χ3v) is 5.09. The van der Waals surface area contributed by atoms with E-state index in [-0.39, 0.29) is 0 Å². The molecule has 0 N–H and O–H groups in total. The van der Waals surface area contributed by atoms with E-state index in [4.69, 9.17) is 4.74 Å². The fourth-order valence-corrected chi connectivity index (χ4v) is 3.93. The van der Waals surface area contributed by atoms with Crippen LogP contribution in [0.4, 0.5) is 5.82 Å². The highest BCUT2D eigenvalue weighted by Gasteiger charge is 2.22. The van der Waals surface area contributed by atoms with Crippen molar-refractivity contribution < 1.29 is 4.74 Å². The van der Waals surface area contributed by atoms with E-state index < -0.39 is 0 Å². The number of hydrogen-bond donors (Lipinski definition) is 0. The highest BCUT2D eigenvalue weighted by Crippen LogP contribution is 2.30. The van der Waals surface area contributed by atoms with Crippen LogP contribution < -0.4 is 4.90 Å². The van der Waals surface area contributed by atoms with E-state index in [1.54, 1.807) is 17.7 Å². The van der Waals surface area contributed by atoms with Gasteiger partial charge in [-0.25, -0.2) is 9.97 Å². The first-order valence-corrected chi connectivity index (χ1v) is 8.87. The Morgan fingerprint density at radius 2 is 2.09 bits per heavy atom. The van der Waals surface area contributed by atoms with Crippen molar-refractivity contribution in [1.29, 1.82) is 0 Å². The molecule has 3 aromatic rings. The molecule has 0 aliphatic carbocycles. The Balaban J connectivity index is 1.67. The van der Waals surface area contributed by atoms with Crippen molar-refractivity contribution in [2.45, 2.75) is 25.5 Å². The fourth-order valence-electron chi connectivity index (χ4n) is 3.06. The van der Waals surface area contributed by atoms with Gasteiger partial charge in [-0.05, 0) is 29.9 Å². The lowest BCUT2D eigenvalue weighted by atomic mass is 10.2. The smallest absolute Gasteiger partial charge is 0.150 e. The van der Waals surface area contributed by atoms with Gasteiger partial charge < -0.3 is 9.64 Å². The summed E-state index contributed by atoms with van der Waals surface area (Å²) >= 11 is 1.70. The number of fused-ring (bicyclic) bond motifs is 1. The van der Waals surface area contributed by atoms with Crippen molar-refractivity contribution >= 4 is 27.4 Å². The summed E-state index contributed by atoms with van der Waals surface area (Å²) < 4.78 is 7.01. The normalized spacial score (nSPS) is 17.7. The second kappa shape index (κ2) is 6.64. The van der Waals surface area contributed by atoms with E-state index in [2.05, 4.69) is 56.6 Å². The maximum atomic E-state index is 5.85. The SMILES string of the molecule is c1ccc(CN(CC2CCCO2)c2ncnc3ccsc23)cc1. The second-order valence-corrected chi connectivity index (χ2v) is 6.75. The van der Waals surface area contributed by atoms with E-state index in [0.29, 0.717) is 6.10 Å². The number of benzene rings is 1. The number of nitrogens with zero attached hydrogens (tertiary/aromatic N) is 3. The summed E-state index contributed by atoms with van der Waals surface area (Å²) in [6.07, 6.45) is 4.24. The third-order valence-electron chi connectivity index (χ3n) is 4.19. The molecule has 1 aromatic carbocycles. The molecule has 4 nitrogen and oxygen atoms in total. The van der Waals surface area contributed by atoms with Gasteiger partial charge in [0.05, 0.1) is 16.3 Å². The molecule has 0 bridgehead atoms. The van der Waals surface area contributed by atoms with Crippen molar-refractivity contribution in [3.63, 3.8) is 0 Å². The predicted octanol–water partition coefficient (Wildman–Crippen LogP) is 3.88. The molecule has 0 spiro atoms. The van der Waals surface area contributed by atoms with Crippen LogP contribution in [0.5, 0.6) is 0 Å². The summed E-state index contributed by atoms with van der Waals surface area (Å²) in [5, 5.41) is 2.08. The van der Waals surface area contributed by atoms with E-state index in [9.17, 15) is 0 Å². The lowest BCUT2D eigenvalue weighted by molar-refractivity contribution is 0.115. The lowest BCUT2D eigenvalue weighted by Crippen LogP contribution is -2.32. The molecule has 5 heteroatoms. The standard InChI is InChI=1S/C18H19N3OS/c1-2-5-14(6-3-1)11-21(12-15-7-4-9-22-15)18-17-16(8-10-23-17)19-13-20-18/h1-3,5-6,8,10,13,15H,4,7,9,11-12H2. The summed E-state index contributed by atoms with van der Waals surface area (Å²) in [4.78, 5) is 11.3. The average molecular weight is 325 g/mol. The topological polar surface area (TPSA) is 38.2 Å². The number of anilines is 1. The minimum absolute atomic E-state index is 0.295. The molecule has 0 saturated carbocycles. The highest BCUT2D eigenvalue weighted by atomic mass is 32.1. The maximum Gasteiger partial charge on any atom is 0.150 e. The summed E-state index contributed by atoms with van der Waals surface area (Å²) in [6, 6.07) is 12.6. The first-order valence-electron chi connectivity index (χ1n) is 7.99. The van der Waals surface area contributed by atoms with Gasteiger partial charge in [0.25, 0.3) is 0 Å². The molecule has 3 heterocycles. The number of rotatable bonds is 5. The minimum Gasteiger partial charge on any atom is -0.376 e. The maximum absolute atomic E-state index is 5.85. The Morgan fingerprint density at radius 3 is 2.91 bits per heavy atom. The van der Waals surface area contributed by atoms with Crippen LogP contribution >= 0.6 is 11.3 Å². The van der Waals surface area contributed by atoms with Crippen LogP contribution in [0.2, 0.25) is 0 Å².